The highest BCUT2D eigenvalue weighted by molar-refractivity contribution is 9.10. The highest BCUT2D eigenvalue weighted by Gasteiger charge is 2.33. The first kappa shape index (κ1) is 13.4. The highest BCUT2D eigenvalue weighted by Crippen LogP contribution is 2.28. The van der Waals surface area contributed by atoms with Gasteiger partial charge in [-0.3, -0.25) is 4.79 Å². The number of halogens is 4. The number of hydrogen-bond donors (Lipinski definition) is 0. The fraction of sp³-hybridized carbons (Fsp3) is 0.111. The Morgan fingerprint density at radius 2 is 2.12 bits per heavy atom. The van der Waals surface area contributed by atoms with Crippen LogP contribution < -0.4 is 4.74 Å². The molecule has 0 saturated carbocycles. The van der Waals surface area contributed by atoms with Crippen molar-refractivity contribution in [2.75, 3.05) is 0 Å². The minimum Gasteiger partial charge on any atom is -0.405 e. The van der Waals surface area contributed by atoms with Crippen LogP contribution in [0.15, 0.2) is 22.7 Å². The third-order valence-corrected chi connectivity index (χ3v) is 2.10. The van der Waals surface area contributed by atoms with Crippen molar-refractivity contribution in [2.45, 2.75) is 6.36 Å². The van der Waals surface area contributed by atoms with Gasteiger partial charge >= 0.3 is 12.6 Å². The zero-order valence-electron chi connectivity index (χ0n) is 8.03. The lowest BCUT2D eigenvalue weighted by atomic mass is 10.1. The zero-order valence-corrected chi connectivity index (χ0v) is 9.62. The van der Waals surface area contributed by atoms with Crippen LogP contribution in [0, 0.1) is 0 Å². The lowest BCUT2D eigenvalue weighted by Crippen LogP contribution is -2.19. The Labute approximate surface area is 102 Å². The van der Waals surface area contributed by atoms with Gasteiger partial charge in [0.05, 0.1) is 5.56 Å². The second-order valence-electron chi connectivity index (χ2n) is 2.80. The van der Waals surface area contributed by atoms with E-state index in [9.17, 15) is 18.0 Å². The molecule has 1 aromatic carbocycles. The second kappa shape index (κ2) is 5.11. The summed E-state index contributed by atoms with van der Waals surface area (Å²) < 4.78 is 40.2. The molecule has 0 heterocycles. The van der Waals surface area contributed by atoms with Crippen LogP contribution in [-0.4, -0.2) is 23.2 Å². The van der Waals surface area contributed by atoms with Crippen molar-refractivity contribution >= 4 is 27.9 Å². The summed E-state index contributed by atoms with van der Waals surface area (Å²) in [7, 11) is 0. The largest absolute Gasteiger partial charge is 0.573 e. The Balaban J connectivity index is 3.21. The summed E-state index contributed by atoms with van der Waals surface area (Å²) in [6.07, 6.45) is -4.43. The number of nitrogens with zero attached hydrogens (tertiary/aromatic N) is 2. The van der Waals surface area contributed by atoms with Gasteiger partial charge in [-0.05, 0) is 18.2 Å². The van der Waals surface area contributed by atoms with Gasteiger partial charge in [-0.25, -0.2) is 0 Å². The molecule has 0 amide bonds. The molecule has 8 heteroatoms. The molecule has 90 valence electrons. The summed E-state index contributed by atoms with van der Waals surface area (Å²) in [4.78, 5) is 13.8. The average Bonchev–Trinajstić information content (AvgIpc) is 2.19. The molecule has 1 aromatic rings. The molecule has 4 nitrogen and oxygen atoms in total. The first-order valence-electron chi connectivity index (χ1n) is 4.10. The summed E-state index contributed by atoms with van der Waals surface area (Å²) in [6, 6.07) is 3.40. The van der Waals surface area contributed by atoms with Crippen molar-refractivity contribution in [1.82, 2.24) is 0 Å². The second-order valence-corrected chi connectivity index (χ2v) is 3.71. The minimum absolute atomic E-state index is 0.366. The molecule has 0 radical (unpaired) electrons. The van der Waals surface area contributed by atoms with E-state index >= 15 is 0 Å². The molecule has 0 unspecified atom stereocenters. The summed E-state index contributed by atoms with van der Waals surface area (Å²) in [5.74, 6) is -1.57. The molecule has 0 saturated heterocycles. The van der Waals surface area contributed by atoms with Gasteiger partial charge in [-0.2, -0.15) is 4.79 Å². The number of carbonyl (C=O) groups excluding carboxylic acids is 1. The molecule has 0 aromatic heterocycles. The molecule has 17 heavy (non-hydrogen) atoms. The standard InChI is InChI=1S/C9H4BrF3N2O2/c10-5-1-2-8(17-9(11,12)13)6(3-5)7(16)4-15-14/h1-4H. The normalized spacial score (nSPS) is 10.6. The van der Waals surface area contributed by atoms with E-state index in [-0.39, 0.29) is 5.56 Å². The van der Waals surface area contributed by atoms with Gasteiger partial charge in [0.2, 0.25) is 0 Å². The third kappa shape index (κ3) is 4.01. The van der Waals surface area contributed by atoms with Crippen LogP contribution >= 0.6 is 15.9 Å². The first-order chi connectivity index (χ1) is 7.83. The van der Waals surface area contributed by atoms with E-state index in [1.807, 2.05) is 0 Å². The van der Waals surface area contributed by atoms with E-state index in [1.165, 1.54) is 6.07 Å². The SMILES string of the molecule is [N-]=[N+]=CC(=O)c1cc(Br)ccc1OC(F)(F)F. The maximum absolute atomic E-state index is 12.0. The van der Waals surface area contributed by atoms with E-state index in [2.05, 4.69) is 25.5 Å². The van der Waals surface area contributed by atoms with Gasteiger partial charge in [0.1, 0.15) is 5.75 Å². The number of alkyl halides is 3. The van der Waals surface area contributed by atoms with E-state index in [1.54, 1.807) is 0 Å². The number of benzene rings is 1. The van der Waals surface area contributed by atoms with Crippen molar-refractivity contribution in [2.24, 2.45) is 0 Å². The van der Waals surface area contributed by atoms with Gasteiger partial charge < -0.3 is 10.3 Å². The predicted octanol–water partition coefficient (Wildman–Crippen LogP) is 2.83. The number of ketones is 1. The first-order valence-corrected chi connectivity index (χ1v) is 4.90. The van der Waals surface area contributed by atoms with Crippen LogP contribution in [-0.2, 0) is 0 Å². The highest BCUT2D eigenvalue weighted by atomic mass is 79.9. The van der Waals surface area contributed by atoms with Crippen LogP contribution in [0.3, 0.4) is 0 Å². The fourth-order valence-electron chi connectivity index (χ4n) is 1.03. The average molecular weight is 309 g/mol. The van der Waals surface area contributed by atoms with E-state index in [4.69, 9.17) is 5.53 Å². The van der Waals surface area contributed by atoms with E-state index in [0.717, 1.165) is 12.1 Å². The summed E-state index contributed by atoms with van der Waals surface area (Å²) in [5.41, 5.74) is 7.80. The quantitative estimate of drug-likeness (QED) is 0.373. The Kier molecular flexibility index (Phi) is 4.03. The monoisotopic (exact) mass is 308 g/mol. The number of Topliss-reactive ketones (excluding diaryl/α,β-unsaturated/α-hetero) is 1. The van der Waals surface area contributed by atoms with Gasteiger partial charge in [0.15, 0.2) is 0 Å². The lowest BCUT2D eigenvalue weighted by Gasteiger charge is -2.11. The van der Waals surface area contributed by atoms with E-state index in [0.29, 0.717) is 10.7 Å². The van der Waals surface area contributed by atoms with Gasteiger partial charge in [0.25, 0.3) is 5.78 Å². The van der Waals surface area contributed by atoms with Crippen LogP contribution in [0.2, 0.25) is 0 Å². The third-order valence-electron chi connectivity index (χ3n) is 1.61. The Hall–Kier alpha value is -1.66. The Morgan fingerprint density at radius 1 is 1.47 bits per heavy atom. The van der Waals surface area contributed by atoms with Gasteiger partial charge in [-0.1, -0.05) is 15.9 Å². The maximum atomic E-state index is 12.0. The van der Waals surface area contributed by atoms with Crippen molar-refractivity contribution in [3.8, 4) is 5.75 Å². The van der Waals surface area contributed by atoms with Crippen molar-refractivity contribution in [1.29, 1.82) is 0 Å². The maximum Gasteiger partial charge on any atom is 0.573 e. The van der Waals surface area contributed by atoms with Crippen molar-refractivity contribution in [3.05, 3.63) is 33.8 Å². The van der Waals surface area contributed by atoms with Gasteiger partial charge in [-0.15, -0.1) is 13.2 Å². The number of hydrogen-bond acceptors (Lipinski definition) is 2. The molecule has 1 rings (SSSR count). The molecule has 0 spiro atoms. The Bertz CT molecular complexity index is 496. The number of ether oxygens (including phenoxy) is 1. The molecule has 0 bridgehead atoms. The fourth-order valence-corrected chi connectivity index (χ4v) is 1.39. The van der Waals surface area contributed by atoms with Crippen LogP contribution in [0.1, 0.15) is 10.4 Å². The predicted molar refractivity (Wildman–Crippen MR) is 54.8 cm³/mol. The molecule has 0 fully saturated rings. The molecule has 0 atom stereocenters. The summed E-state index contributed by atoms with van der Waals surface area (Å²) in [6.45, 7) is 0. The van der Waals surface area contributed by atoms with Crippen LogP contribution in [0.4, 0.5) is 13.2 Å². The lowest BCUT2D eigenvalue weighted by molar-refractivity contribution is -0.274. The molecule has 0 aliphatic carbocycles. The van der Waals surface area contributed by atoms with Crippen LogP contribution in [0.5, 0.6) is 5.75 Å². The molecule has 0 N–H and O–H groups in total. The summed E-state index contributed by atoms with van der Waals surface area (Å²) >= 11 is 3.00. The molecule has 0 aliphatic rings. The van der Waals surface area contributed by atoms with Crippen LogP contribution in [0.25, 0.3) is 5.53 Å². The topological polar surface area (TPSA) is 62.7 Å². The summed E-state index contributed by atoms with van der Waals surface area (Å²) in [5, 5.41) is 0. The molecular weight excluding hydrogens is 305 g/mol. The smallest absolute Gasteiger partial charge is 0.405 e. The van der Waals surface area contributed by atoms with Gasteiger partial charge in [0, 0.05) is 4.47 Å². The van der Waals surface area contributed by atoms with Crippen molar-refractivity contribution in [3.63, 3.8) is 0 Å². The van der Waals surface area contributed by atoms with Crippen molar-refractivity contribution < 1.29 is 27.5 Å². The molecular formula is C9H4BrF3N2O2. The van der Waals surface area contributed by atoms with E-state index < -0.39 is 17.9 Å². The number of carbonyl (C=O) groups is 1. The molecule has 0 aliphatic heterocycles. The zero-order chi connectivity index (χ0) is 13.1. The minimum atomic E-state index is -4.90. The Morgan fingerprint density at radius 3 is 2.65 bits per heavy atom. The number of rotatable bonds is 3.